The summed E-state index contributed by atoms with van der Waals surface area (Å²) in [6, 6.07) is 12.5. The van der Waals surface area contributed by atoms with Crippen LogP contribution in [0.15, 0.2) is 42.5 Å². The van der Waals surface area contributed by atoms with Crippen molar-refractivity contribution in [2.45, 2.75) is 19.5 Å². The van der Waals surface area contributed by atoms with Gasteiger partial charge in [0.05, 0.1) is 7.11 Å². The number of methoxy groups -OCH3 is 1. The predicted octanol–water partition coefficient (Wildman–Crippen LogP) is 4.34. The number of halogens is 2. The maximum Gasteiger partial charge on any atom is 0.124 e. The lowest BCUT2D eigenvalue weighted by Gasteiger charge is -2.15. The molecule has 0 amide bonds. The zero-order chi connectivity index (χ0) is 14.5. The van der Waals surface area contributed by atoms with Crippen LogP contribution in [0, 0.1) is 5.82 Å². The molecule has 0 aliphatic heterocycles. The summed E-state index contributed by atoms with van der Waals surface area (Å²) in [6.45, 7) is 2.64. The lowest BCUT2D eigenvalue weighted by molar-refractivity contribution is 0.413. The van der Waals surface area contributed by atoms with E-state index in [1.807, 2.05) is 24.3 Å². The van der Waals surface area contributed by atoms with Crippen LogP contribution in [-0.2, 0) is 6.54 Å². The lowest BCUT2D eigenvalue weighted by Crippen LogP contribution is -2.18. The van der Waals surface area contributed by atoms with Crippen LogP contribution in [0.1, 0.15) is 24.1 Å². The fourth-order valence-corrected chi connectivity index (χ4v) is 2.19. The maximum absolute atomic E-state index is 13.0. The Morgan fingerprint density at radius 1 is 1.25 bits per heavy atom. The monoisotopic (exact) mass is 293 g/mol. The second kappa shape index (κ2) is 6.73. The highest BCUT2D eigenvalue weighted by molar-refractivity contribution is 6.31. The largest absolute Gasteiger partial charge is 0.497 e. The van der Waals surface area contributed by atoms with Gasteiger partial charge in [0.1, 0.15) is 11.6 Å². The molecule has 4 heteroatoms. The quantitative estimate of drug-likeness (QED) is 0.885. The van der Waals surface area contributed by atoms with Crippen LogP contribution in [0.3, 0.4) is 0 Å². The van der Waals surface area contributed by atoms with Crippen molar-refractivity contribution in [1.29, 1.82) is 0 Å². The van der Waals surface area contributed by atoms with E-state index in [1.165, 1.54) is 12.1 Å². The van der Waals surface area contributed by atoms with E-state index in [4.69, 9.17) is 16.3 Å². The summed E-state index contributed by atoms with van der Waals surface area (Å²) < 4.78 is 18.2. The van der Waals surface area contributed by atoms with Crippen LogP contribution < -0.4 is 10.1 Å². The highest BCUT2D eigenvalue weighted by Crippen LogP contribution is 2.21. The van der Waals surface area contributed by atoms with Crippen molar-refractivity contribution in [1.82, 2.24) is 5.32 Å². The first kappa shape index (κ1) is 14.8. The predicted molar refractivity (Wildman–Crippen MR) is 79.7 cm³/mol. The molecule has 2 aromatic carbocycles. The van der Waals surface area contributed by atoms with E-state index in [0.717, 1.165) is 16.9 Å². The van der Waals surface area contributed by atoms with E-state index >= 15 is 0 Å². The van der Waals surface area contributed by atoms with Gasteiger partial charge in [-0.1, -0.05) is 29.8 Å². The SMILES string of the molecule is COc1cccc([C@@H](C)NCc2ccc(F)cc2Cl)c1. The smallest absolute Gasteiger partial charge is 0.124 e. The molecule has 0 aliphatic rings. The number of hydrogen-bond acceptors (Lipinski definition) is 2. The Balaban J connectivity index is 2.02. The Morgan fingerprint density at radius 3 is 2.75 bits per heavy atom. The number of rotatable bonds is 5. The third kappa shape index (κ3) is 3.71. The molecule has 0 bridgehead atoms. The summed E-state index contributed by atoms with van der Waals surface area (Å²) in [5.74, 6) is 0.510. The van der Waals surface area contributed by atoms with Gasteiger partial charge < -0.3 is 10.1 Å². The second-order valence-electron chi connectivity index (χ2n) is 4.61. The van der Waals surface area contributed by atoms with Gasteiger partial charge in [-0.3, -0.25) is 0 Å². The number of nitrogens with one attached hydrogen (secondary N) is 1. The first-order valence-electron chi connectivity index (χ1n) is 6.41. The molecule has 0 radical (unpaired) electrons. The van der Waals surface area contributed by atoms with Crippen LogP contribution in [0.4, 0.5) is 4.39 Å². The normalized spacial score (nSPS) is 12.2. The fourth-order valence-electron chi connectivity index (χ4n) is 1.96. The molecule has 2 rings (SSSR count). The highest BCUT2D eigenvalue weighted by Gasteiger charge is 2.08. The molecule has 1 N–H and O–H groups in total. The molecule has 0 aliphatic carbocycles. The van der Waals surface area contributed by atoms with Crippen molar-refractivity contribution < 1.29 is 9.13 Å². The van der Waals surface area contributed by atoms with Crippen molar-refractivity contribution in [3.05, 3.63) is 64.4 Å². The molecule has 0 unspecified atom stereocenters. The Morgan fingerprint density at radius 2 is 2.05 bits per heavy atom. The highest BCUT2D eigenvalue weighted by atomic mass is 35.5. The topological polar surface area (TPSA) is 21.3 Å². The molecular formula is C16H17ClFNO. The van der Waals surface area contributed by atoms with Gasteiger partial charge in [-0.05, 0) is 42.3 Å². The molecular weight excluding hydrogens is 277 g/mol. The summed E-state index contributed by atoms with van der Waals surface area (Å²) in [4.78, 5) is 0. The molecule has 20 heavy (non-hydrogen) atoms. The molecule has 0 spiro atoms. The summed E-state index contributed by atoms with van der Waals surface area (Å²) in [7, 11) is 1.65. The molecule has 1 atom stereocenters. The van der Waals surface area contributed by atoms with Gasteiger partial charge >= 0.3 is 0 Å². The van der Waals surface area contributed by atoms with Crippen molar-refractivity contribution in [3.8, 4) is 5.75 Å². The third-order valence-corrected chi connectivity index (χ3v) is 3.56. The van der Waals surface area contributed by atoms with E-state index in [1.54, 1.807) is 13.2 Å². The molecule has 0 aromatic heterocycles. The molecule has 106 valence electrons. The first-order valence-corrected chi connectivity index (χ1v) is 6.79. The summed E-state index contributed by atoms with van der Waals surface area (Å²) in [5, 5.41) is 3.80. The Bertz CT molecular complexity index is 588. The Labute approximate surface area is 123 Å². The van der Waals surface area contributed by atoms with Crippen LogP contribution in [-0.4, -0.2) is 7.11 Å². The van der Waals surface area contributed by atoms with Crippen LogP contribution in [0.5, 0.6) is 5.75 Å². The zero-order valence-electron chi connectivity index (χ0n) is 11.5. The van der Waals surface area contributed by atoms with E-state index in [-0.39, 0.29) is 11.9 Å². The minimum Gasteiger partial charge on any atom is -0.497 e. The molecule has 0 saturated heterocycles. The van der Waals surface area contributed by atoms with Crippen LogP contribution >= 0.6 is 11.6 Å². The van der Waals surface area contributed by atoms with E-state index in [9.17, 15) is 4.39 Å². The minimum atomic E-state index is -0.320. The number of benzene rings is 2. The Hall–Kier alpha value is -1.58. The average Bonchev–Trinajstić information content (AvgIpc) is 2.46. The van der Waals surface area contributed by atoms with Gasteiger partial charge in [0.25, 0.3) is 0 Å². The molecule has 0 fully saturated rings. The van der Waals surface area contributed by atoms with Gasteiger partial charge in [0.2, 0.25) is 0 Å². The van der Waals surface area contributed by atoms with Crippen LogP contribution in [0.2, 0.25) is 5.02 Å². The van der Waals surface area contributed by atoms with E-state index in [2.05, 4.69) is 12.2 Å². The van der Waals surface area contributed by atoms with E-state index in [0.29, 0.717) is 11.6 Å². The van der Waals surface area contributed by atoms with Crippen molar-refractivity contribution in [2.75, 3.05) is 7.11 Å². The first-order chi connectivity index (χ1) is 9.60. The number of hydrogen-bond donors (Lipinski definition) is 1. The van der Waals surface area contributed by atoms with Crippen molar-refractivity contribution in [2.24, 2.45) is 0 Å². The second-order valence-corrected chi connectivity index (χ2v) is 5.02. The minimum absolute atomic E-state index is 0.145. The molecule has 2 aromatic rings. The standard InChI is InChI=1S/C16H17ClFNO/c1-11(12-4-3-5-15(8-12)20-2)19-10-13-6-7-14(18)9-16(13)17/h3-9,11,19H,10H2,1-2H3/t11-/m1/s1. The number of ether oxygens (including phenoxy) is 1. The molecule has 2 nitrogen and oxygen atoms in total. The van der Waals surface area contributed by atoms with Crippen molar-refractivity contribution in [3.63, 3.8) is 0 Å². The summed E-state index contributed by atoms with van der Waals surface area (Å²) in [5.41, 5.74) is 2.00. The summed E-state index contributed by atoms with van der Waals surface area (Å²) in [6.07, 6.45) is 0. The van der Waals surface area contributed by atoms with Gasteiger partial charge in [-0.2, -0.15) is 0 Å². The lowest BCUT2D eigenvalue weighted by atomic mass is 10.1. The van der Waals surface area contributed by atoms with Gasteiger partial charge in [0, 0.05) is 17.6 Å². The van der Waals surface area contributed by atoms with Crippen LogP contribution in [0.25, 0.3) is 0 Å². The van der Waals surface area contributed by atoms with E-state index < -0.39 is 0 Å². The van der Waals surface area contributed by atoms with Gasteiger partial charge in [0.15, 0.2) is 0 Å². The summed E-state index contributed by atoms with van der Waals surface area (Å²) >= 11 is 6.01. The van der Waals surface area contributed by atoms with Gasteiger partial charge in [-0.15, -0.1) is 0 Å². The maximum atomic E-state index is 13.0. The average molecular weight is 294 g/mol. The Kier molecular flexibility index (Phi) is 4.99. The third-order valence-electron chi connectivity index (χ3n) is 3.21. The molecule has 0 heterocycles. The van der Waals surface area contributed by atoms with Gasteiger partial charge in [-0.25, -0.2) is 4.39 Å². The molecule has 0 saturated carbocycles. The zero-order valence-corrected chi connectivity index (χ0v) is 12.2. The fraction of sp³-hybridized carbons (Fsp3) is 0.250. The van der Waals surface area contributed by atoms with Crippen molar-refractivity contribution >= 4 is 11.6 Å².